The van der Waals surface area contributed by atoms with E-state index in [1.165, 1.54) is 0 Å². The van der Waals surface area contributed by atoms with Crippen LogP contribution < -0.4 is 5.32 Å². The summed E-state index contributed by atoms with van der Waals surface area (Å²) in [6.45, 7) is 0.669. The van der Waals surface area contributed by atoms with Crippen LogP contribution in [-0.2, 0) is 22.6 Å². The van der Waals surface area contributed by atoms with Gasteiger partial charge in [0.05, 0.1) is 0 Å². The lowest BCUT2D eigenvalue weighted by atomic mass is 10.2. The first kappa shape index (κ1) is 17.5. The molecule has 0 unspecified atom stereocenters. The summed E-state index contributed by atoms with van der Waals surface area (Å²) in [5.41, 5.74) is 2.01. The Morgan fingerprint density at radius 1 is 1.08 bits per heavy atom. The molecule has 0 saturated heterocycles. The van der Waals surface area contributed by atoms with Crippen molar-refractivity contribution < 1.29 is 14.3 Å². The molecule has 0 spiro atoms. The van der Waals surface area contributed by atoms with Gasteiger partial charge in [-0.1, -0.05) is 30.3 Å². The van der Waals surface area contributed by atoms with E-state index in [1.807, 2.05) is 42.5 Å². The molecule has 1 aromatic heterocycles. The maximum Gasteiger partial charge on any atom is 0.407 e. The molecule has 6 nitrogen and oxygen atoms in total. The third kappa shape index (κ3) is 6.08. The number of amides is 2. The number of alkyl carbamates (subject to hydrolysis) is 1. The highest BCUT2D eigenvalue weighted by molar-refractivity contribution is 5.82. The fraction of sp³-hybridized carbons (Fsp3) is 0.278. The van der Waals surface area contributed by atoms with Crippen LogP contribution in [0.25, 0.3) is 0 Å². The predicted molar refractivity (Wildman–Crippen MR) is 90.2 cm³/mol. The van der Waals surface area contributed by atoms with Crippen LogP contribution in [-0.4, -0.2) is 42.0 Å². The fourth-order valence-electron chi connectivity index (χ4n) is 2.03. The lowest BCUT2D eigenvalue weighted by Gasteiger charge is -2.17. The minimum atomic E-state index is -0.602. The highest BCUT2D eigenvalue weighted by atomic mass is 16.5. The van der Waals surface area contributed by atoms with Crippen LogP contribution in [0.5, 0.6) is 0 Å². The Labute approximate surface area is 141 Å². The van der Waals surface area contributed by atoms with E-state index in [4.69, 9.17) is 4.74 Å². The second-order valence-electron chi connectivity index (χ2n) is 5.34. The lowest BCUT2D eigenvalue weighted by molar-refractivity contribution is -0.128. The number of carbonyl (C=O) groups is 2. The van der Waals surface area contributed by atoms with Crippen molar-refractivity contribution in [2.75, 3.05) is 20.1 Å². The number of hydrogen-bond acceptors (Lipinski definition) is 4. The normalized spacial score (nSPS) is 10.0. The molecule has 2 amide bonds. The maximum absolute atomic E-state index is 12.0. The highest BCUT2D eigenvalue weighted by Gasteiger charge is 2.11. The average Bonchev–Trinajstić information content (AvgIpc) is 2.64. The van der Waals surface area contributed by atoms with Crippen molar-refractivity contribution >= 4 is 12.0 Å². The Kier molecular flexibility index (Phi) is 6.76. The monoisotopic (exact) mass is 327 g/mol. The van der Waals surface area contributed by atoms with Gasteiger partial charge in [0.25, 0.3) is 0 Å². The second-order valence-corrected chi connectivity index (χ2v) is 5.34. The Bertz CT molecular complexity index is 647. The number of nitrogens with zero attached hydrogens (tertiary/aromatic N) is 2. The molecule has 0 radical (unpaired) electrons. The van der Waals surface area contributed by atoms with Gasteiger partial charge in [-0.15, -0.1) is 0 Å². The number of nitrogens with one attached hydrogen (secondary N) is 1. The van der Waals surface area contributed by atoms with Crippen LogP contribution in [0.1, 0.15) is 11.1 Å². The van der Waals surface area contributed by atoms with Crippen molar-refractivity contribution in [3.05, 3.63) is 66.0 Å². The molecule has 0 bridgehead atoms. The molecule has 0 atom stereocenters. The minimum absolute atomic E-state index is 0.0829. The highest BCUT2D eigenvalue weighted by Crippen LogP contribution is 2.01. The molecule has 24 heavy (non-hydrogen) atoms. The van der Waals surface area contributed by atoms with Crippen molar-refractivity contribution in [1.82, 2.24) is 15.2 Å². The smallest absolute Gasteiger partial charge is 0.407 e. The summed E-state index contributed by atoms with van der Waals surface area (Å²) in [7, 11) is 1.71. The zero-order valence-corrected chi connectivity index (χ0v) is 13.6. The number of hydrogen-bond donors (Lipinski definition) is 1. The third-order valence-corrected chi connectivity index (χ3v) is 3.51. The molecule has 6 heteroatoms. The third-order valence-electron chi connectivity index (χ3n) is 3.51. The zero-order chi connectivity index (χ0) is 17.2. The molecule has 0 saturated carbocycles. The van der Waals surface area contributed by atoms with Gasteiger partial charge in [0.2, 0.25) is 5.91 Å². The molecule has 0 aliphatic rings. The molecule has 1 aromatic carbocycles. The summed E-state index contributed by atoms with van der Waals surface area (Å²) < 4.78 is 5.06. The van der Waals surface area contributed by atoms with E-state index >= 15 is 0 Å². The molecular formula is C18H21N3O3. The minimum Gasteiger partial charge on any atom is -0.445 e. The zero-order valence-electron chi connectivity index (χ0n) is 13.6. The van der Waals surface area contributed by atoms with Crippen LogP contribution in [0.4, 0.5) is 4.79 Å². The van der Waals surface area contributed by atoms with Gasteiger partial charge < -0.3 is 15.0 Å². The first-order valence-corrected chi connectivity index (χ1v) is 7.72. The van der Waals surface area contributed by atoms with Crippen molar-refractivity contribution in [2.24, 2.45) is 0 Å². The van der Waals surface area contributed by atoms with Gasteiger partial charge in [0, 0.05) is 26.0 Å². The summed E-state index contributed by atoms with van der Waals surface area (Å²) in [6.07, 6.45) is 3.58. The number of benzene rings is 1. The van der Waals surface area contributed by atoms with Crippen molar-refractivity contribution in [2.45, 2.75) is 13.0 Å². The fourth-order valence-corrected chi connectivity index (χ4v) is 2.03. The molecule has 0 fully saturated rings. The van der Waals surface area contributed by atoms with Crippen molar-refractivity contribution in [3.8, 4) is 0 Å². The van der Waals surface area contributed by atoms with Gasteiger partial charge in [0.1, 0.15) is 13.2 Å². The summed E-state index contributed by atoms with van der Waals surface area (Å²) >= 11 is 0. The number of pyridine rings is 1. The Hall–Kier alpha value is -2.89. The van der Waals surface area contributed by atoms with E-state index in [2.05, 4.69) is 10.3 Å². The topological polar surface area (TPSA) is 71.5 Å². The largest absolute Gasteiger partial charge is 0.445 e. The number of ether oxygens (including phenoxy) is 1. The lowest BCUT2D eigenvalue weighted by Crippen LogP contribution is -2.39. The van der Waals surface area contributed by atoms with Crippen LogP contribution >= 0.6 is 0 Å². The van der Waals surface area contributed by atoms with Crippen LogP contribution in [0.2, 0.25) is 0 Å². The molecule has 2 rings (SSSR count). The Morgan fingerprint density at radius 3 is 2.50 bits per heavy atom. The first-order valence-electron chi connectivity index (χ1n) is 7.72. The van der Waals surface area contributed by atoms with Gasteiger partial charge in [-0.3, -0.25) is 9.78 Å². The molecule has 2 aromatic rings. The van der Waals surface area contributed by atoms with E-state index < -0.39 is 6.09 Å². The van der Waals surface area contributed by atoms with E-state index in [-0.39, 0.29) is 19.1 Å². The molecular weight excluding hydrogens is 306 g/mol. The molecule has 0 aliphatic heterocycles. The standard InChI is InChI=1S/C18H21N3O3/c1-21(12-9-15-7-10-19-11-8-15)17(22)13-20-18(23)24-14-16-5-3-2-4-6-16/h2-8,10-11H,9,12-14H2,1H3,(H,20,23). The summed E-state index contributed by atoms with van der Waals surface area (Å²) in [6, 6.07) is 13.2. The average molecular weight is 327 g/mol. The SMILES string of the molecule is CN(CCc1ccncc1)C(=O)CNC(=O)OCc1ccccc1. The van der Waals surface area contributed by atoms with Gasteiger partial charge in [-0.2, -0.15) is 0 Å². The molecule has 1 N–H and O–H groups in total. The Morgan fingerprint density at radius 2 is 1.79 bits per heavy atom. The van der Waals surface area contributed by atoms with E-state index in [0.29, 0.717) is 6.54 Å². The van der Waals surface area contributed by atoms with Crippen molar-refractivity contribution in [3.63, 3.8) is 0 Å². The van der Waals surface area contributed by atoms with Gasteiger partial charge in [-0.25, -0.2) is 4.79 Å². The summed E-state index contributed by atoms with van der Waals surface area (Å²) in [5, 5.41) is 2.47. The van der Waals surface area contributed by atoms with Gasteiger partial charge >= 0.3 is 6.09 Å². The summed E-state index contributed by atoms with van der Waals surface area (Å²) in [5.74, 6) is -0.166. The number of likely N-dealkylation sites (N-methyl/N-ethyl adjacent to an activating group) is 1. The second kappa shape index (κ2) is 9.29. The molecule has 0 aliphatic carbocycles. The van der Waals surface area contributed by atoms with E-state index in [9.17, 15) is 9.59 Å². The number of aromatic nitrogens is 1. The first-order chi connectivity index (χ1) is 11.6. The Balaban J connectivity index is 1.65. The maximum atomic E-state index is 12.0. The van der Waals surface area contributed by atoms with Crippen molar-refractivity contribution in [1.29, 1.82) is 0 Å². The predicted octanol–water partition coefficient (Wildman–Crippen LogP) is 2.01. The van der Waals surface area contributed by atoms with Gasteiger partial charge in [-0.05, 0) is 29.7 Å². The van der Waals surface area contributed by atoms with Crippen LogP contribution in [0, 0.1) is 0 Å². The van der Waals surface area contributed by atoms with Crippen LogP contribution in [0.15, 0.2) is 54.9 Å². The number of rotatable bonds is 7. The quantitative estimate of drug-likeness (QED) is 0.844. The van der Waals surface area contributed by atoms with Crippen LogP contribution in [0.3, 0.4) is 0 Å². The van der Waals surface area contributed by atoms with Gasteiger partial charge in [0.15, 0.2) is 0 Å². The molecule has 126 valence electrons. The van der Waals surface area contributed by atoms with E-state index in [1.54, 1.807) is 24.3 Å². The summed E-state index contributed by atoms with van der Waals surface area (Å²) in [4.78, 5) is 29.1. The number of carbonyl (C=O) groups excluding carboxylic acids is 2. The van der Waals surface area contributed by atoms with E-state index in [0.717, 1.165) is 17.5 Å². The molecule has 1 heterocycles.